The van der Waals surface area contributed by atoms with Gasteiger partial charge in [-0.3, -0.25) is 43.0 Å². The first kappa shape index (κ1) is 96.8. The summed E-state index contributed by atoms with van der Waals surface area (Å²) in [6.07, 6.45) is 5.35. The number of halogens is 5. The highest BCUT2D eigenvalue weighted by atomic mass is 35.5. The van der Waals surface area contributed by atoms with E-state index in [1.807, 2.05) is 75.3 Å². The van der Waals surface area contributed by atoms with E-state index < -0.39 is 166 Å². The van der Waals surface area contributed by atoms with Crippen LogP contribution in [-0.4, -0.2) is 191 Å². The molecule has 4 amide bonds. The number of hydrogen-bond acceptors (Lipinski definition) is 23. The molecule has 0 spiro atoms. The van der Waals surface area contributed by atoms with E-state index >= 15 is 4.79 Å². The summed E-state index contributed by atoms with van der Waals surface area (Å²) in [5.41, 5.74) is 4.25. The minimum absolute atomic E-state index is 0. The van der Waals surface area contributed by atoms with E-state index in [0.717, 1.165) is 81.8 Å². The van der Waals surface area contributed by atoms with Crippen molar-refractivity contribution in [1.29, 1.82) is 0 Å². The van der Waals surface area contributed by atoms with Crippen LogP contribution in [0.1, 0.15) is 230 Å². The molecule has 0 radical (unpaired) electrons. The molecule has 12 aliphatic rings. The van der Waals surface area contributed by atoms with Crippen LogP contribution in [0.2, 0.25) is 0 Å². The van der Waals surface area contributed by atoms with Crippen molar-refractivity contribution in [3.63, 3.8) is 0 Å². The number of aryl methyl sites for hydroxylation is 2. The lowest BCUT2D eigenvalue weighted by Gasteiger charge is -2.35. The quantitative estimate of drug-likeness (QED) is 0.0673. The lowest BCUT2D eigenvalue weighted by atomic mass is 9.77. The standard InChI is InChI=1S/C44H58F2N4O9S.C34H45N3O7.C9H14F2N2O3S.2CH4.ClH/c1-23-35-22-50(37(23)33(51)21-44(20-29(44)38(45)46)41(54)49-60(55,56)43(5)14-15-43)40(53)28(42(2,3)4)19-36(52)58-34-17-24-16-27(24)26(34)10-8-7-9-11-31-39(59-35)48-32-18-25(57-6)12-13-30(32)47-31;1-18-28-17-37(30(18)33(40)41)32(39)23(34(2,3)4)16-29(38)43-27-14-19-13-22(19)21(27)9-7-6-8-10-25-31(44-28)36-26-15-20(42-5)11-12-24(26)35-25;1-8(2-3-8)17(15,16)13-7(14)9(12)4-5(9)6(10)11;;;/h12-13,18,23-24,26-29,34-35,37-38H,7-11,14-17,19-22H2,1-6H3,(H,49,54);11-12,15,18-19,21-23,27-28,30H,6-10,13-14,16-17H2,1-5H3,(H,40,41);5-6H,2-4,12H2,1H3,(H,13,14);2*1H4;1H/t23-,24+,26-,27+,28-,29+,34-,35+,37+,44-;18-,19+,21-,22+,23-,27-,28+,30+;5-,9+;;;/m110.../s1. The number of methoxy groups -OCH3 is 2. The Morgan fingerprint density at radius 1 is 0.565 bits per heavy atom. The van der Waals surface area contributed by atoms with Crippen LogP contribution in [0.4, 0.5) is 17.6 Å². The molecular formula is C89H126ClF4N9O19S2. The summed E-state index contributed by atoms with van der Waals surface area (Å²) >= 11 is 0. The Kier molecular flexibility index (Phi) is 28.4. The molecule has 5 N–H and O–H groups in total. The lowest BCUT2D eigenvalue weighted by molar-refractivity contribution is -0.160. The van der Waals surface area contributed by atoms with Crippen LogP contribution in [0.3, 0.4) is 0 Å². The number of aromatic nitrogens is 4. The number of nitrogens with one attached hydrogen (secondary N) is 2. The average Bonchev–Trinajstić information content (AvgIpc) is 1.55. The number of nitrogens with zero attached hydrogens (tertiary/aromatic N) is 6. The molecule has 6 heterocycles. The largest absolute Gasteiger partial charge is 0.497 e. The topological polar surface area (TPSA) is 389 Å². The van der Waals surface area contributed by atoms with E-state index in [-0.39, 0.29) is 102 Å². The number of ketones is 1. The molecule has 28 nitrogen and oxygen atoms in total. The minimum atomic E-state index is -4.20. The van der Waals surface area contributed by atoms with Crippen LogP contribution < -0.4 is 34.1 Å². The fourth-order valence-corrected chi connectivity index (χ4v) is 22.5. The number of carboxylic acids is 1. The van der Waals surface area contributed by atoms with Crippen LogP contribution in [0.15, 0.2) is 36.4 Å². The van der Waals surface area contributed by atoms with Gasteiger partial charge in [0.2, 0.25) is 62.4 Å². The Hall–Kier alpha value is -7.85. The number of hydrogen-bond donors (Lipinski definition) is 4. The van der Waals surface area contributed by atoms with E-state index in [0.29, 0.717) is 108 Å². The molecule has 688 valence electrons. The highest BCUT2D eigenvalue weighted by Crippen LogP contribution is 2.62. The van der Waals surface area contributed by atoms with E-state index in [9.17, 15) is 73.1 Å². The SMILES string of the molecule is C.C.CC1(S(=O)(=O)NC(=O)[C@@]2(N)C[C@H]2C(F)F)CC1.COc1ccc2nc3c(nc2c1)O[C@H]1CN(C(=O)[C@H](C(C)(C)C)CC(=O)O[C@@H]2C[C@@H]4C[C@@H]4[C@H]2CCCCC3)[C@H](C(=O)C[C@]2(C(=O)NS(=O)(=O)C3(C)CC3)C[C@H]2C(F)F)[C@@H]1C.COc1ccc2nc3c(nc2c1)O[C@H]1CN(C(=O)[C@H](C(C)(C)C)CC(=O)O[C@@H]2C[C@@H]4C[C@@H]4[C@H]2CCCCC3)[C@H](C(=O)O)[C@@H]1C.Cl. The predicted octanol–water partition coefficient (Wildman–Crippen LogP) is 12.9. The van der Waals surface area contributed by atoms with Gasteiger partial charge in [-0.05, 0) is 187 Å². The maximum absolute atomic E-state index is 15.0. The number of carboxylic acid groups (broad SMARTS) is 1. The number of amides is 4. The van der Waals surface area contributed by atoms with Gasteiger partial charge in [0.1, 0.15) is 58.9 Å². The third-order valence-corrected chi connectivity index (χ3v) is 33.2. The van der Waals surface area contributed by atoms with Crippen molar-refractivity contribution >= 4 is 102 Å². The van der Waals surface area contributed by atoms with Crippen molar-refractivity contribution in [3.8, 4) is 23.3 Å². The number of carbonyl (C=O) groups is 8. The summed E-state index contributed by atoms with van der Waals surface area (Å²) in [5, 5.41) is 10.3. The highest BCUT2D eigenvalue weighted by molar-refractivity contribution is 7.92. The first-order valence-corrected chi connectivity index (χ1v) is 46.1. The molecule has 2 aromatic heterocycles. The number of alkyl halides is 4. The monoisotopic (exact) mass is 1800 g/mol. The van der Waals surface area contributed by atoms with Gasteiger partial charge >= 0.3 is 17.9 Å². The molecule has 35 heteroatoms. The van der Waals surface area contributed by atoms with Gasteiger partial charge in [0.25, 0.3) is 5.91 Å². The Balaban J connectivity index is 0.000000204. The van der Waals surface area contributed by atoms with Crippen molar-refractivity contribution < 1.29 is 106 Å². The average molecular weight is 1800 g/mol. The minimum Gasteiger partial charge on any atom is -0.497 e. The van der Waals surface area contributed by atoms with Crippen molar-refractivity contribution in [2.75, 3.05) is 27.3 Å². The number of aliphatic carboxylic acids is 1. The molecule has 4 aromatic rings. The number of Topliss-reactive ketones (excluding diaryl/α,β-unsaturated/α-hetero) is 1. The highest BCUT2D eigenvalue weighted by Gasteiger charge is 2.68. The number of nitrogens with two attached hydrogens (primary N) is 1. The van der Waals surface area contributed by atoms with E-state index in [4.69, 9.17) is 54.1 Å². The van der Waals surface area contributed by atoms with Crippen LogP contribution >= 0.6 is 12.4 Å². The summed E-state index contributed by atoms with van der Waals surface area (Å²) < 4.78 is 141. The van der Waals surface area contributed by atoms with Gasteiger partial charge in [0.05, 0.1) is 95.0 Å². The van der Waals surface area contributed by atoms with Crippen molar-refractivity contribution in [1.82, 2.24) is 39.2 Å². The fraction of sp³-hybridized carbons (Fsp3) is 0.730. The Morgan fingerprint density at radius 2 is 0.976 bits per heavy atom. The first-order valence-electron chi connectivity index (χ1n) is 43.1. The number of carbonyl (C=O) groups excluding carboxylic acids is 7. The van der Waals surface area contributed by atoms with Gasteiger partial charge in [-0.15, -0.1) is 12.4 Å². The van der Waals surface area contributed by atoms with Crippen molar-refractivity contribution in [2.45, 2.75) is 296 Å². The van der Waals surface area contributed by atoms with Crippen LogP contribution in [0, 0.1) is 87.3 Å². The number of benzene rings is 2. The van der Waals surface area contributed by atoms with Gasteiger partial charge in [0.15, 0.2) is 5.78 Å². The first-order chi connectivity index (χ1) is 56.8. The van der Waals surface area contributed by atoms with Gasteiger partial charge in [-0.2, -0.15) is 0 Å². The molecule has 20 atom stereocenters. The summed E-state index contributed by atoms with van der Waals surface area (Å²) in [6.45, 7) is 17.7. The molecule has 0 unspecified atom stereocenters. The number of sulfonamides is 2. The maximum Gasteiger partial charge on any atom is 0.326 e. The zero-order valence-electron chi connectivity index (χ0n) is 71.5. The zero-order chi connectivity index (χ0) is 87.5. The van der Waals surface area contributed by atoms with Crippen LogP contribution in [0.25, 0.3) is 22.1 Å². The molecule has 4 bridgehead atoms. The Bertz CT molecular complexity index is 4960. The fourth-order valence-electron chi connectivity index (χ4n) is 19.8. The second-order valence-electron chi connectivity index (χ2n) is 39.4. The van der Waals surface area contributed by atoms with Crippen molar-refractivity contribution in [2.24, 2.45) is 93.0 Å². The molecule has 124 heavy (non-hydrogen) atoms. The molecule has 8 saturated carbocycles. The maximum atomic E-state index is 15.0. The molecule has 4 aliphatic heterocycles. The van der Waals surface area contributed by atoms with E-state index in [1.54, 1.807) is 40.2 Å². The normalized spacial score (nSPS) is 32.9. The van der Waals surface area contributed by atoms with E-state index in [2.05, 4.69) is 0 Å². The zero-order valence-corrected chi connectivity index (χ0v) is 73.9. The van der Waals surface area contributed by atoms with Gasteiger partial charge < -0.3 is 49.1 Å². The molecule has 2 aromatic carbocycles. The molecule has 2 saturated heterocycles. The van der Waals surface area contributed by atoms with Gasteiger partial charge in [-0.25, -0.2) is 59.1 Å². The molecular weight excluding hydrogens is 1670 g/mol. The smallest absolute Gasteiger partial charge is 0.326 e. The van der Waals surface area contributed by atoms with Crippen LogP contribution in [0.5, 0.6) is 23.3 Å². The number of fused-ring (bicyclic) bond motifs is 14. The Morgan fingerprint density at radius 3 is 1.35 bits per heavy atom. The molecule has 10 fully saturated rings. The summed E-state index contributed by atoms with van der Waals surface area (Å²) in [4.78, 5) is 131. The van der Waals surface area contributed by atoms with Crippen molar-refractivity contribution in [3.05, 3.63) is 47.8 Å². The third-order valence-electron chi connectivity index (χ3n) is 28.9. The molecule has 8 aliphatic carbocycles. The lowest BCUT2D eigenvalue weighted by Crippen LogP contribution is -2.50. The molecule has 16 rings (SSSR count). The summed E-state index contributed by atoms with van der Waals surface area (Å²) in [5.74, 6) is -6.55. The second kappa shape index (κ2) is 36.4. The van der Waals surface area contributed by atoms with E-state index in [1.165, 1.54) is 30.1 Å². The summed E-state index contributed by atoms with van der Waals surface area (Å²) in [6, 6.07) is 8.57. The number of rotatable bonds is 14. The summed E-state index contributed by atoms with van der Waals surface area (Å²) in [7, 11) is -4.85. The third kappa shape index (κ3) is 19.9. The second-order valence-corrected chi connectivity index (χ2v) is 43.8. The number of esters is 2. The van der Waals surface area contributed by atoms with Gasteiger partial charge in [-0.1, -0.05) is 95.9 Å². The Labute approximate surface area is 730 Å². The number of ether oxygens (including phenoxy) is 6. The van der Waals surface area contributed by atoms with Gasteiger partial charge in [0, 0.05) is 42.2 Å². The predicted molar refractivity (Wildman–Crippen MR) is 454 cm³/mol. The van der Waals surface area contributed by atoms with Crippen LogP contribution in [-0.2, 0) is 80.7 Å².